The summed E-state index contributed by atoms with van der Waals surface area (Å²) in [6, 6.07) is 0. The second-order valence-corrected chi connectivity index (χ2v) is 9.24. The van der Waals surface area contributed by atoms with Crippen molar-refractivity contribution in [3.63, 3.8) is 0 Å². The van der Waals surface area contributed by atoms with Gasteiger partial charge >= 0.3 is 11.9 Å². The van der Waals surface area contributed by atoms with Crippen LogP contribution in [0.5, 0.6) is 11.5 Å². The largest absolute Gasteiger partial charge is 0.422 e. The molecule has 0 spiro atoms. The van der Waals surface area contributed by atoms with E-state index in [1.807, 2.05) is 0 Å². The standard InChI is InChI=1S/C26H44O4S/c1-3-5-7-9-11-13-15-17-19-25(27)29-23-21-31-22-24(23)30-26(28)20-18-16-14-12-10-8-6-4-2/h21-22H,3-20H2,1-2H3. The van der Waals surface area contributed by atoms with Crippen molar-refractivity contribution < 1.29 is 19.1 Å². The minimum atomic E-state index is -0.246. The van der Waals surface area contributed by atoms with Crippen LogP contribution in [0.15, 0.2) is 10.8 Å². The van der Waals surface area contributed by atoms with Crippen molar-refractivity contribution in [1.82, 2.24) is 0 Å². The molecular formula is C26H44O4S. The maximum Gasteiger partial charge on any atom is 0.311 e. The van der Waals surface area contributed by atoms with Crippen LogP contribution in [0.2, 0.25) is 0 Å². The van der Waals surface area contributed by atoms with E-state index in [0.717, 1.165) is 25.7 Å². The molecule has 4 nitrogen and oxygen atoms in total. The summed E-state index contributed by atoms with van der Waals surface area (Å²) < 4.78 is 10.9. The number of hydrogen-bond donors (Lipinski definition) is 0. The van der Waals surface area contributed by atoms with E-state index in [1.165, 1.54) is 88.4 Å². The van der Waals surface area contributed by atoms with Crippen molar-refractivity contribution in [3.05, 3.63) is 10.8 Å². The van der Waals surface area contributed by atoms with E-state index in [2.05, 4.69) is 13.8 Å². The first-order valence-corrected chi connectivity index (χ1v) is 13.6. The molecule has 0 unspecified atom stereocenters. The number of ether oxygens (including phenoxy) is 2. The molecule has 0 aliphatic heterocycles. The Morgan fingerprint density at radius 1 is 0.581 bits per heavy atom. The first-order chi connectivity index (χ1) is 15.2. The Morgan fingerprint density at radius 2 is 0.903 bits per heavy atom. The van der Waals surface area contributed by atoms with Gasteiger partial charge in [0.05, 0.1) is 0 Å². The summed E-state index contributed by atoms with van der Waals surface area (Å²) in [5.41, 5.74) is 0. The lowest BCUT2D eigenvalue weighted by Gasteiger charge is -2.07. The number of carbonyl (C=O) groups is 2. The van der Waals surface area contributed by atoms with Crippen molar-refractivity contribution in [2.75, 3.05) is 0 Å². The Kier molecular flexibility index (Phi) is 17.3. The third-order valence-corrected chi connectivity index (χ3v) is 6.21. The number of thiophene rings is 1. The molecule has 0 atom stereocenters. The summed E-state index contributed by atoms with van der Waals surface area (Å²) >= 11 is 1.38. The summed E-state index contributed by atoms with van der Waals surface area (Å²) in [6.07, 6.45) is 19.9. The van der Waals surface area contributed by atoms with Crippen molar-refractivity contribution in [2.45, 2.75) is 129 Å². The van der Waals surface area contributed by atoms with E-state index < -0.39 is 0 Å². The molecule has 178 valence electrons. The van der Waals surface area contributed by atoms with E-state index in [4.69, 9.17) is 9.47 Å². The fourth-order valence-electron chi connectivity index (χ4n) is 3.58. The van der Waals surface area contributed by atoms with E-state index >= 15 is 0 Å². The van der Waals surface area contributed by atoms with Crippen LogP contribution < -0.4 is 9.47 Å². The van der Waals surface area contributed by atoms with Crippen LogP contribution in [0.1, 0.15) is 129 Å². The van der Waals surface area contributed by atoms with Gasteiger partial charge in [-0.15, -0.1) is 11.3 Å². The molecule has 0 aliphatic rings. The Bertz CT molecular complexity index is 533. The zero-order valence-electron chi connectivity index (χ0n) is 19.9. The molecule has 1 aromatic rings. The van der Waals surface area contributed by atoms with E-state index in [0.29, 0.717) is 24.3 Å². The highest BCUT2D eigenvalue weighted by atomic mass is 32.1. The summed E-state index contributed by atoms with van der Waals surface area (Å²) in [4.78, 5) is 24.2. The van der Waals surface area contributed by atoms with Crippen LogP contribution in [0.25, 0.3) is 0 Å². The molecule has 0 radical (unpaired) electrons. The lowest BCUT2D eigenvalue weighted by atomic mass is 10.1. The summed E-state index contributed by atoms with van der Waals surface area (Å²) in [6.45, 7) is 4.45. The number of hydrogen-bond acceptors (Lipinski definition) is 5. The van der Waals surface area contributed by atoms with Crippen LogP contribution in [0, 0.1) is 0 Å². The molecule has 31 heavy (non-hydrogen) atoms. The number of rotatable bonds is 20. The fourth-order valence-corrected chi connectivity index (χ4v) is 4.22. The zero-order valence-corrected chi connectivity index (χ0v) is 20.7. The average Bonchev–Trinajstić information content (AvgIpc) is 3.18. The molecule has 5 heteroatoms. The quantitative estimate of drug-likeness (QED) is 0.147. The van der Waals surface area contributed by atoms with Gasteiger partial charge in [-0.3, -0.25) is 9.59 Å². The third-order valence-electron chi connectivity index (χ3n) is 5.51. The summed E-state index contributed by atoms with van der Waals surface area (Å²) in [7, 11) is 0. The average molecular weight is 453 g/mol. The van der Waals surface area contributed by atoms with Crippen molar-refractivity contribution in [2.24, 2.45) is 0 Å². The number of carbonyl (C=O) groups excluding carboxylic acids is 2. The molecular weight excluding hydrogens is 408 g/mol. The molecule has 0 saturated heterocycles. The monoisotopic (exact) mass is 452 g/mol. The second-order valence-electron chi connectivity index (χ2n) is 8.50. The van der Waals surface area contributed by atoms with Gasteiger partial charge in [-0.2, -0.15) is 0 Å². The van der Waals surface area contributed by atoms with E-state index in [-0.39, 0.29) is 11.9 Å². The van der Waals surface area contributed by atoms with Gasteiger partial charge in [-0.05, 0) is 12.8 Å². The van der Waals surface area contributed by atoms with Crippen molar-refractivity contribution >= 4 is 23.3 Å². The highest BCUT2D eigenvalue weighted by molar-refractivity contribution is 7.08. The zero-order chi connectivity index (χ0) is 22.6. The van der Waals surface area contributed by atoms with Gasteiger partial charge in [0.25, 0.3) is 0 Å². The molecule has 1 aromatic heterocycles. The highest BCUT2D eigenvalue weighted by Gasteiger charge is 2.14. The highest BCUT2D eigenvalue weighted by Crippen LogP contribution is 2.32. The van der Waals surface area contributed by atoms with Crippen LogP contribution >= 0.6 is 11.3 Å². The minimum absolute atomic E-state index is 0.246. The van der Waals surface area contributed by atoms with Gasteiger partial charge < -0.3 is 9.47 Å². The van der Waals surface area contributed by atoms with Crippen LogP contribution in [0.4, 0.5) is 0 Å². The van der Waals surface area contributed by atoms with Crippen molar-refractivity contribution in [1.29, 1.82) is 0 Å². The fraction of sp³-hybridized carbons (Fsp3) is 0.769. The normalized spacial score (nSPS) is 10.9. The summed E-state index contributed by atoms with van der Waals surface area (Å²) in [5, 5.41) is 3.45. The molecule has 0 aliphatic carbocycles. The topological polar surface area (TPSA) is 52.6 Å². The molecule has 0 saturated carbocycles. The molecule has 1 rings (SSSR count). The van der Waals surface area contributed by atoms with Gasteiger partial charge in [0.2, 0.25) is 0 Å². The molecule has 0 N–H and O–H groups in total. The van der Waals surface area contributed by atoms with E-state index in [1.54, 1.807) is 10.8 Å². The second kappa shape index (κ2) is 19.3. The van der Waals surface area contributed by atoms with Gasteiger partial charge in [-0.25, -0.2) is 0 Å². The first-order valence-electron chi connectivity index (χ1n) is 12.6. The molecule has 1 heterocycles. The van der Waals surface area contributed by atoms with Gasteiger partial charge in [-0.1, -0.05) is 104 Å². The maximum atomic E-state index is 12.1. The van der Waals surface area contributed by atoms with Crippen LogP contribution in [-0.4, -0.2) is 11.9 Å². The molecule has 0 aromatic carbocycles. The first kappa shape index (κ1) is 27.7. The Morgan fingerprint density at radius 3 is 1.26 bits per heavy atom. The predicted octanol–water partition coefficient (Wildman–Crippen LogP) is 8.62. The lowest BCUT2D eigenvalue weighted by Crippen LogP contribution is -2.11. The smallest absolute Gasteiger partial charge is 0.311 e. The molecule has 0 fully saturated rings. The predicted molar refractivity (Wildman–Crippen MR) is 130 cm³/mol. The summed E-state index contributed by atoms with van der Waals surface area (Å²) in [5.74, 6) is 0.257. The lowest BCUT2D eigenvalue weighted by molar-refractivity contribution is -0.137. The number of esters is 2. The van der Waals surface area contributed by atoms with Gasteiger partial charge in [0.1, 0.15) is 0 Å². The Labute approximate surface area is 194 Å². The van der Waals surface area contributed by atoms with Crippen LogP contribution in [-0.2, 0) is 9.59 Å². The number of unbranched alkanes of at least 4 members (excludes halogenated alkanes) is 14. The third kappa shape index (κ3) is 15.1. The van der Waals surface area contributed by atoms with Gasteiger partial charge in [0.15, 0.2) is 11.5 Å². The Balaban J connectivity index is 2.13. The minimum Gasteiger partial charge on any atom is -0.422 e. The maximum absolute atomic E-state index is 12.1. The molecule has 0 bridgehead atoms. The van der Waals surface area contributed by atoms with Crippen LogP contribution in [0.3, 0.4) is 0 Å². The SMILES string of the molecule is CCCCCCCCCCC(=O)Oc1cscc1OC(=O)CCCCCCCCCC. The molecule has 0 amide bonds. The van der Waals surface area contributed by atoms with Crippen molar-refractivity contribution in [3.8, 4) is 11.5 Å². The Hall–Kier alpha value is -1.36. The van der Waals surface area contributed by atoms with E-state index in [9.17, 15) is 9.59 Å². The van der Waals surface area contributed by atoms with Gasteiger partial charge in [0, 0.05) is 23.6 Å².